The number of hydrogen-bond acceptors (Lipinski definition) is 13. The van der Waals surface area contributed by atoms with E-state index in [0.29, 0.717) is 25.7 Å². The molecule has 1 fully saturated rings. The van der Waals surface area contributed by atoms with Gasteiger partial charge < -0.3 is 45.0 Å². The van der Waals surface area contributed by atoms with Gasteiger partial charge >= 0.3 is 19.8 Å². The van der Waals surface area contributed by atoms with E-state index >= 15 is 0 Å². The average Bonchev–Trinajstić information content (AvgIpc) is 3.30. The second kappa shape index (κ2) is 39.9. The summed E-state index contributed by atoms with van der Waals surface area (Å²) >= 11 is 0. The van der Waals surface area contributed by atoms with Crippen molar-refractivity contribution in [2.24, 2.45) is 0 Å². The number of hydrogen-bond donors (Lipinski definition) is 7. The number of phosphoric ester groups is 1. The molecule has 0 spiro atoms. The highest BCUT2D eigenvalue weighted by Crippen LogP contribution is 2.47. The molecule has 1 rings (SSSR count). The largest absolute Gasteiger partial charge is 0.472 e. The highest BCUT2D eigenvalue weighted by Gasteiger charge is 2.51. The van der Waals surface area contributed by atoms with Gasteiger partial charge in [-0.05, 0) is 77.0 Å². The minimum absolute atomic E-state index is 0.000597. The molecule has 0 saturated heterocycles. The number of aliphatic hydroxyl groups excluding tert-OH is 6. The molecule has 1 saturated carbocycles. The third-order valence-corrected chi connectivity index (χ3v) is 11.9. The summed E-state index contributed by atoms with van der Waals surface area (Å²) in [5, 5.41) is 59.7. The Morgan fingerprint density at radius 1 is 0.545 bits per heavy atom. The number of ether oxygens (including phenoxy) is 2. The lowest BCUT2D eigenvalue weighted by atomic mass is 9.85. The van der Waals surface area contributed by atoms with Gasteiger partial charge in [-0.2, -0.15) is 0 Å². The fourth-order valence-corrected chi connectivity index (χ4v) is 7.75. The Kier molecular flexibility index (Phi) is 36.9. The van der Waals surface area contributed by atoms with Crippen LogP contribution >= 0.6 is 7.82 Å². The molecule has 0 radical (unpaired) electrons. The summed E-state index contributed by atoms with van der Waals surface area (Å²) in [6, 6.07) is 0. The van der Waals surface area contributed by atoms with Gasteiger partial charge in [0.05, 0.1) is 12.7 Å². The van der Waals surface area contributed by atoms with Crippen molar-refractivity contribution in [3.63, 3.8) is 0 Å². The van der Waals surface area contributed by atoms with Crippen LogP contribution in [0.3, 0.4) is 0 Å². The van der Waals surface area contributed by atoms with Gasteiger partial charge in [0.1, 0.15) is 43.2 Å². The first kappa shape index (κ1) is 61.0. The average molecular weight is 953 g/mol. The second-order valence-corrected chi connectivity index (χ2v) is 18.2. The molecule has 1 aliphatic rings. The molecule has 0 aromatic heterocycles. The number of allylic oxidation sites excluding steroid dienone is 13. The van der Waals surface area contributed by atoms with Crippen LogP contribution in [0.4, 0.5) is 0 Å². The number of unbranched alkanes of at least 4 members (excludes halogenated alkanes) is 13. The Balaban J connectivity index is 2.48. The fraction of sp³-hybridized carbons (Fsp3) is 0.686. The summed E-state index contributed by atoms with van der Waals surface area (Å²) in [7, 11) is -5.15. The zero-order valence-corrected chi connectivity index (χ0v) is 40.7. The van der Waals surface area contributed by atoms with E-state index in [2.05, 4.69) is 49.5 Å². The maximum absolute atomic E-state index is 12.8. The Bertz CT molecular complexity index is 1490. The van der Waals surface area contributed by atoms with Crippen molar-refractivity contribution in [1.29, 1.82) is 0 Å². The van der Waals surface area contributed by atoms with Gasteiger partial charge in [0.15, 0.2) is 6.10 Å². The van der Waals surface area contributed by atoms with E-state index in [1.54, 1.807) is 6.08 Å². The zero-order valence-electron chi connectivity index (χ0n) is 39.8. The van der Waals surface area contributed by atoms with Gasteiger partial charge in [0, 0.05) is 12.8 Å². The highest BCUT2D eigenvalue weighted by molar-refractivity contribution is 7.47. The lowest BCUT2D eigenvalue weighted by Gasteiger charge is -2.41. The van der Waals surface area contributed by atoms with E-state index in [1.807, 2.05) is 43.4 Å². The molecule has 9 atom stereocenters. The van der Waals surface area contributed by atoms with Crippen LogP contribution in [-0.2, 0) is 32.7 Å². The molecule has 0 heterocycles. The van der Waals surface area contributed by atoms with Crippen LogP contribution < -0.4 is 0 Å². The Morgan fingerprint density at radius 2 is 1.00 bits per heavy atom. The molecular formula is C51H85O14P. The fourth-order valence-electron chi connectivity index (χ4n) is 6.77. The normalized spacial score (nSPS) is 22.5. The zero-order chi connectivity index (χ0) is 48.7. The summed E-state index contributed by atoms with van der Waals surface area (Å²) in [5.41, 5.74) is 0. The van der Waals surface area contributed by atoms with E-state index in [0.717, 1.165) is 57.8 Å². The van der Waals surface area contributed by atoms with E-state index in [-0.39, 0.29) is 12.8 Å². The quantitative estimate of drug-likeness (QED) is 0.0100. The van der Waals surface area contributed by atoms with Crippen molar-refractivity contribution in [3.8, 4) is 0 Å². The Hall–Kier alpha value is -3.01. The van der Waals surface area contributed by atoms with E-state index in [1.165, 1.54) is 51.4 Å². The van der Waals surface area contributed by atoms with E-state index in [4.69, 9.17) is 18.5 Å². The molecule has 15 heteroatoms. The SMILES string of the molecule is CCCCC/C=C\C/C=C\CCCCCCCCCCCC(=O)OC[C@H](COP(=O)(O)OC1[C@H](O)[C@H](O)C(O)[C@H](O)[C@H]1O)OC(=O)CCC/C=C\C/C=C\C/C=C\C/C=C\C=C\[C@H](O)CC. The molecule has 0 bridgehead atoms. The van der Waals surface area contributed by atoms with Gasteiger partial charge in [-0.15, -0.1) is 0 Å². The van der Waals surface area contributed by atoms with Crippen molar-refractivity contribution in [2.75, 3.05) is 13.2 Å². The summed E-state index contributed by atoms with van der Waals surface area (Å²) < 4.78 is 33.5. The number of aliphatic hydroxyl groups is 6. The van der Waals surface area contributed by atoms with E-state index < -0.39 is 81.8 Å². The molecule has 3 unspecified atom stereocenters. The molecule has 378 valence electrons. The summed E-state index contributed by atoms with van der Waals surface area (Å²) in [6.07, 6.45) is 35.8. The Labute approximate surface area is 395 Å². The highest BCUT2D eigenvalue weighted by atomic mass is 31.2. The molecule has 7 N–H and O–H groups in total. The predicted octanol–water partition coefficient (Wildman–Crippen LogP) is 9.03. The maximum Gasteiger partial charge on any atom is 0.472 e. The molecule has 0 aromatic rings. The van der Waals surface area contributed by atoms with Gasteiger partial charge in [-0.25, -0.2) is 4.57 Å². The predicted molar refractivity (Wildman–Crippen MR) is 259 cm³/mol. The smallest absolute Gasteiger partial charge is 0.462 e. The van der Waals surface area contributed by atoms with Gasteiger partial charge in [-0.1, -0.05) is 157 Å². The van der Waals surface area contributed by atoms with Gasteiger partial charge in [-0.3, -0.25) is 18.6 Å². The molecule has 0 aromatic carbocycles. The minimum Gasteiger partial charge on any atom is -0.462 e. The van der Waals surface area contributed by atoms with Crippen LogP contribution in [0, 0.1) is 0 Å². The number of carbonyl (C=O) groups is 2. The van der Waals surface area contributed by atoms with Crippen LogP contribution in [0.2, 0.25) is 0 Å². The molecule has 1 aliphatic carbocycles. The summed E-state index contributed by atoms with van der Waals surface area (Å²) in [6.45, 7) is 2.89. The number of esters is 2. The van der Waals surface area contributed by atoms with Crippen LogP contribution in [-0.4, -0.2) is 110 Å². The summed E-state index contributed by atoms with van der Waals surface area (Å²) in [4.78, 5) is 35.8. The molecular weight excluding hydrogens is 868 g/mol. The van der Waals surface area contributed by atoms with Crippen molar-refractivity contribution in [2.45, 2.75) is 210 Å². The van der Waals surface area contributed by atoms with E-state index in [9.17, 15) is 49.7 Å². The number of phosphoric acid groups is 1. The molecule has 66 heavy (non-hydrogen) atoms. The standard InChI is InChI=1S/C51H85O14P/c1-3-5-6-7-8-9-10-11-12-13-14-15-16-20-23-26-29-32-35-38-44(53)62-40-43(41-63-66(60,61)65-51-49(58)47(56)46(55)48(57)50(51)59)64-45(54)39-36-33-30-27-24-21-18-17-19-22-25-28-31-34-37-42(52)4-2/h8-9,11-12,18-19,21-22,27-28,30-31,34,37,42-43,46-52,55-59H,3-7,10,13-17,20,23-26,29,32-33,35-36,38-41H2,1-2H3,(H,60,61)/b9-8-,12-11-,21-18-,22-19-,30-27-,31-28-,37-34+/t42-,43-,46?,47-,48+,49-,50-,51?/m1/s1. The topological polar surface area (TPSA) is 230 Å². The molecule has 0 aliphatic heterocycles. The first-order valence-electron chi connectivity index (χ1n) is 24.5. The maximum atomic E-state index is 12.8. The number of carbonyl (C=O) groups excluding carboxylic acids is 2. The molecule has 14 nitrogen and oxygen atoms in total. The number of rotatable bonds is 39. The van der Waals surface area contributed by atoms with Crippen LogP contribution in [0.1, 0.15) is 162 Å². The molecule has 0 amide bonds. The lowest BCUT2D eigenvalue weighted by molar-refractivity contribution is -0.220. The first-order valence-corrected chi connectivity index (χ1v) is 26.0. The van der Waals surface area contributed by atoms with Gasteiger partial charge in [0.25, 0.3) is 0 Å². The Morgan fingerprint density at radius 3 is 1.55 bits per heavy atom. The monoisotopic (exact) mass is 953 g/mol. The van der Waals surface area contributed by atoms with Crippen molar-refractivity contribution >= 4 is 19.8 Å². The summed E-state index contributed by atoms with van der Waals surface area (Å²) in [5.74, 6) is -1.20. The first-order chi connectivity index (χ1) is 31.8. The van der Waals surface area contributed by atoms with Crippen molar-refractivity contribution < 1.29 is 68.2 Å². The van der Waals surface area contributed by atoms with Crippen LogP contribution in [0.5, 0.6) is 0 Å². The third-order valence-electron chi connectivity index (χ3n) is 10.9. The minimum atomic E-state index is -5.15. The van der Waals surface area contributed by atoms with Crippen LogP contribution in [0.15, 0.2) is 85.1 Å². The third kappa shape index (κ3) is 31.9. The van der Waals surface area contributed by atoms with Crippen molar-refractivity contribution in [1.82, 2.24) is 0 Å². The lowest BCUT2D eigenvalue weighted by Crippen LogP contribution is -2.64. The van der Waals surface area contributed by atoms with Gasteiger partial charge in [0.2, 0.25) is 0 Å². The van der Waals surface area contributed by atoms with Crippen LogP contribution in [0.25, 0.3) is 0 Å². The second-order valence-electron chi connectivity index (χ2n) is 16.8. The van der Waals surface area contributed by atoms with Crippen molar-refractivity contribution in [3.05, 3.63) is 85.1 Å².